The molecule has 0 unspecified atom stereocenters. The highest BCUT2D eigenvalue weighted by atomic mass is 19.1. The first-order chi connectivity index (χ1) is 13.1. The summed E-state index contributed by atoms with van der Waals surface area (Å²) in [6, 6.07) is 5.85. The van der Waals surface area contributed by atoms with Crippen LogP contribution in [0.1, 0.15) is 0 Å². The molecule has 0 spiro atoms. The van der Waals surface area contributed by atoms with Crippen LogP contribution in [0.15, 0.2) is 48.9 Å². The molecule has 2 heterocycles. The minimum absolute atomic E-state index is 0.0567. The van der Waals surface area contributed by atoms with Gasteiger partial charge in [-0.15, -0.1) is 0 Å². The van der Waals surface area contributed by atoms with Crippen LogP contribution in [0.5, 0.6) is 0 Å². The maximum absolute atomic E-state index is 14.8. The Bertz CT molecular complexity index is 1150. The van der Waals surface area contributed by atoms with Crippen molar-refractivity contribution in [1.29, 1.82) is 0 Å². The van der Waals surface area contributed by atoms with Crippen LogP contribution in [-0.2, 0) is 0 Å². The SMILES string of the molecule is CNc1nc(-c2cnccn2)nc2c(F)cc(-c3ccc(F)cc3F)cc12. The Balaban J connectivity index is 1.95. The van der Waals surface area contributed by atoms with Gasteiger partial charge in [0.1, 0.15) is 34.5 Å². The van der Waals surface area contributed by atoms with E-state index in [1.807, 2.05) is 0 Å². The van der Waals surface area contributed by atoms with E-state index in [4.69, 9.17) is 0 Å². The molecule has 5 nitrogen and oxygen atoms in total. The molecule has 134 valence electrons. The molecule has 2 aromatic heterocycles. The molecule has 0 radical (unpaired) electrons. The van der Waals surface area contributed by atoms with Crippen molar-refractivity contribution in [2.45, 2.75) is 0 Å². The smallest absolute Gasteiger partial charge is 0.182 e. The summed E-state index contributed by atoms with van der Waals surface area (Å²) in [5.41, 5.74) is 0.785. The Morgan fingerprint density at radius 3 is 2.48 bits per heavy atom. The molecule has 0 bridgehead atoms. The van der Waals surface area contributed by atoms with E-state index < -0.39 is 17.5 Å². The molecule has 0 aliphatic heterocycles. The van der Waals surface area contributed by atoms with Gasteiger partial charge < -0.3 is 5.32 Å². The van der Waals surface area contributed by atoms with Gasteiger partial charge in [-0.1, -0.05) is 0 Å². The van der Waals surface area contributed by atoms with Crippen LogP contribution >= 0.6 is 0 Å². The molecule has 0 amide bonds. The Kier molecular flexibility index (Phi) is 4.15. The third kappa shape index (κ3) is 3.05. The predicted molar refractivity (Wildman–Crippen MR) is 95.4 cm³/mol. The molecule has 0 aliphatic rings. The molecule has 0 saturated heterocycles. The van der Waals surface area contributed by atoms with Crippen LogP contribution in [0.4, 0.5) is 19.0 Å². The summed E-state index contributed by atoms with van der Waals surface area (Å²) >= 11 is 0. The van der Waals surface area contributed by atoms with Gasteiger partial charge >= 0.3 is 0 Å². The van der Waals surface area contributed by atoms with Crippen molar-refractivity contribution in [3.8, 4) is 22.6 Å². The number of benzene rings is 2. The molecule has 27 heavy (non-hydrogen) atoms. The maximum atomic E-state index is 14.8. The number of nitrogens with zero attached hydrogens (tertiary/aromatic N) is 4. The summed E-state index contributed by atoms with van der Waals surface area (Å²) in [4.78, 5) is 16.7. The van der Waals surface area contributed by atoms with Crippen LogP contribution in [0, 0.1) is 17.5 Å². The molecule has 0 atom stereocenters. The van der Waals surface area contributed by atoms with Gasteiger partial charge in [-0.2, -0.15) is 0 Å². The summed E-state index contributed by atoms with van der Waals surface area (Å²) in [5.74, 6) is -1.58. The first-order valence-corrected chi connectivity index (χ1v) is 7.97. The molecule has 0 fully saturated rings. The summed E-state index contributed by atoms with van der Waals surface area (Å²) in [7, 11) is 1.63. The number of halogens is 3. The Labute approximate surface area is 152 Å². The molecule has 8 heteroatoms. The zero-order valence-corrected chi connectivity index (χ0v) is 14.0. The minimum atomic E-state index is -0.781. The highest BCUT2D eigenvalue weighted by Gasteiger charge is 2.16. The van der Waals surface area contributed by atoms with Gasteiger partial charge in [0, 0.05) is 36.5 Å². The first-order valence-electron chi connectivity index (χ1n) is 7.97. The van der Waals surface area contributed by atoms with Gasteiger partial charge in [0.25, 0.3) is 0 Å². The van der Waals surface area contributed by atoms with E-state index in [2.05, 4.69) is 25.3 Å². The van der Waals surface area contributed by atoms with Crippen molar-refractivity contribution >= 4 is 16.7 Å². The van der Waals surface area contributed by atoms with Crippen LogP contribution in [0.2, 0.25) is 0 Å². The quantitative estimate of drug-likeness (QED) is 0.588. The number of nitrogens with one attached hydrogen (secondary N) is 1. The monoisotopic (exact) mass is 367 g/mol. The van der Waals surface area contributed by atoms with Crippen molar-refractivity contribution < 1.29 is 13.2 Å². The standard InChI is InChI=1S/C19H12F3N5/c1-23-18-13-6-10(12-3-2-11(20)8-14(12)21)7-15(22)17(13)26-19(27-18)16-9-24-4-5-25-16/h2-9H,1H3,(H,23,26,27). The van der Waals surface area contributed by atoms with E-state index in [-0.39, 0.29) is 22.5 Å². The Hall–Kier alpha value is -3.55. The van der Waals surface area contributed by atoms with E-state index in [1.54, 1.807) is 13.1 Å². The van der Waals surface area contributed by atoms with E-state index in [9.17, 15) is 13.2 Å². The lowest BCUT2D eigenvalue weighted by atomic mass is 10.0. The zero-order chi connectivity index (χ0) is 19.0. The van der Waals surface area contributed by atoms with Gasteiger partial charge in [0.05, 0.1) is 6.20 Å². The maximum Gasteiger partial charge on any atom is 0.182 e. The van der Waals surface area contributed by atoms with Crippen LogP contribution in [0.25, 0.3) is 33.5 Å². The second-order valence-corrected chi connectivity index (χ2v) is 5.71. The fraction of sp³-hybridized carbons (Fsp3) is 0.0526. The Morgan fingerprint density at radius 1 is 0.926 bits per heavy atom. The molecule has 0 aliphatic carbocycles. The number of hydrogen-bond donors (Lipinski definition) is 1. The van der Waals surface area contributed by atoms with Crippen LogP contribution < -0.4 is 5.32 Å². The lowest BCUT2D eigenvalue weighted by Crippen LogP contribution is -2.02. The minimum Gasteiger partial charge on any atom is -0.373 e. The zero-order valence-electron chi connectivity index (χ0n) is 14.0. The number of aromatic nitrogens is 4. The van der Waals surface area contributed by atoms with Crippen molar-refractivity contribution in [1.82, 2.24) is 19.9 Å². The number of anilines is 1. The summed E-state index contributed by atoms with van der Waals surface area (Å²) < 4.78 is 42.1. The molecular weight excluding hydrogens is 355 g/mol. The van der Waals surface area contributed by atoms with Gasteiger partial charge in [0.15, 0.2) is 5.82 Å². The topological polar surface area (TPSA) is 63.6 Å². The average Bonchev–Trinajstić information content (AvgIpc) is 2.68. The molecule has 4 aromatic rings. The van der Waals surface area contributed by atoms with E-state index >= 15 is 0 Å². The van der Waals surface area contributed by atoms with Crippen LogP contribution in [-0.4, -0.2) is 27.0 Å². The fourth-order valence-electron chi connectivity index (χ4n) is 2.79. The van der Waals surface area contributed by atoms with Gasteiger partial charge in [-0.05, 0) is 29.8 Å². The average molecular weight is 367 g/mol. The van der Waals surface area contributed by atoms with Crippen LogP contribution in [0.3, 0.4) is 0 Å². The van der Waals surface area contributed by atoms with E-state index in [1.165, 1.54) is 24.7 Å². The first kappa shape index (κ1) is 16.9. The van der Waals surface area contributed by atoms with E-state index in [0.717, 1.165) is 18.2 Å². The summed E-state index contributed by atoms with van der Waals surface area (Å²) in [6.45, 7) is 0. The van der Waals surface area contributed by atoms with E-state index in [0.29, 0.717) is 16.9 Å². The summed E-state index contributed by atoms with van der Waals surface area (Å²) in [5, 5.41) is 3.25. The fourth-order valence-corrected chi connectivity index (χ4v) is 2.79. The third-order valence-corrected chi connectivity index (χ3v) is 4.03. The third-order valence-electron chi connectivity index (χ3n) is 4.03. The Morgan fingerprint density at radius 2 is 1.78 bits per heavy atom. The second-order valence-electron chi connectivity index (χ2n) is 5.71. The number of rotatable bonds is 3. The van der Waals surface area contributed by atoms with Gasteiger partial charge in [0.2, 0.25) is 0 Å². The highest BCUT2D eigenvalue weighted by Crippen LogP contribution is 2.32. The molecule has 2 aromatic carbocycles. The number of hydrogen-bond acceptors (Lipinski definition) is 5. The normalized spacial score (nSPS) is 11.0. The highest BCUT2D eigenvalue weighted by molar-refractivity contribution is 5.94. The molecule has 0 saturated carbocycles. The van der Waals surface area contributed by atoms with Crippen molar-refractivity contribution in [3.63, 3.8) is 0 Å². The largest absolute Gasteiger partial charge is 0.373 e. The van der Waals surface area contributed by atoms with Crippen molar-refractivity contribution in [2.24, 2.45) is 0 Å². The lowest BCUT2D eigenvalue weighted by molar-refractivity contribution is 0.585. The summed E-state index contributed by atoms with van der Waals surface area (Å²) in [6.07, 6.45) is 4.47. The van der Waals surface area contributed by atoms with Crippen molar-refractivity contribution in [3.05, 3.63) is 66.4 Å². The number of fused-ring (bicyclic) bond motifs is 1. The molecular formula is C19H12F3N5. The predicted octanol–water partition coefficient (Wildman–Crippen LogP) is 4.21. The molecule has 4 rings (SSSR count). The van der Waals surface area contributed by atoms with Crippen molar-refractivity contribution in [2.75, 3.05) is 12.4 Å². The lowest BCUT2D eigenvalue weighted by Gasteiger charge is -2.11. The molecule has 1 N–H and O–H groups in total. The van der Waals surface area contributed by atoms with Gasteiger partial charge in [-0.25, -0.2) is 28.1 Å². The second kappa shape index (κ2) is 6.64. The van der Waals surface area contributed by atoms with Gasteiger partial charge in [-0.3, -0.25) is 4.98 Å².